The molecule has 6 heteroatoms. The molecule has 2 N–H and O–H groups in total. The summed E-state index contributed by atoms with van der Waals surface area (Å²) in [5.74, 6) is 0.125. The highest BCUT2D eigenvalue weighted by Gasteiger charge is 2.15. The van der Waals surface area contributed by atoms with Gasteiger partial charge in [0.1, 0.15) is 11.3 Å². The van der Waals surface area contributed by atoms with Gasteiger partial charge in [-0.05, 0) is 19.9 Å². The Labute approximate surface area is 109 Å². The van der Waals surface area contributed by atoms with Gasteiger partial charge in [0, 0.05) is 5.56 Å². The first-order valence-corrected chi connectivity index (χ1v) is 5.64. The molecule has 0 fully saturated rings. The summed E-state index contributed by atoms with van der Waals surface area (Å²) >= 11 is 0. The number of rotatable bonds is 3. The van der Waals surface area contributed by atoms with Gasteiger partial charge in [-0.1, -0.05) is 28.5 Å². The number of carbonyl (C=O) groups excluding carboxylic acids is 1. The standard InChI is InChI=1S/C13H13N3O3/c1-8(16-18)10-5-3-4-6-12(10)15-13(17)11-7-14-19-9(11)2/h3-7,18H,1-2H3,(H,15,17)/b16-8+. The third-order valence-corrected chi connectivity index (χ3v) is 2.71. The molecule has 6 nitrogen and oxygen atoms in total. The Morgan fingerprint density at radius 2 is 2.11 bits per heavy atom. The number of nitrogens with zero attached hydrogens (tertiary/aromatic N) is 2. The lowest BCUT2D eigenvalue weighted by molar-refractivity contribution is 0.102. The molecule has 0 saturated carbocycles. The first-order valence-electron chi connectivity index (χ1n) is 5.64. The second kappa shape index (κ2) is 5.34. The molecule has 0 aliphatic carbocycles. The molecule has 1 aromatic carbocycles. The number of aryl methyl sites for hydroxylation is 1. The van der Waals surface area contributed by atoms with E-state index in [2.05, 4.69) is 15.6 Å². The molecule has 1 heterocycles. The van der Waals surface area contributed by atoms with Crippen molar-refractivity contribution >= 4 is 17.3 Å². The summed E-state index contributed by atoms with van der Waals surface area (Å²) in [6, 6.07) is 7.06. The van der Waals surface area contributed by atoms with Crippen LogP contribution in [-0.2, 0) is 0 Å². The monoisotopic (exact) mass is 259 g/mol. The SMILES string of the molecule is C/C(=N\O)c1ccccc1NC(=O)c1cnoc1C. The highest BCUT2D eigenvalue weighted by atomic mass is 16.5. The molecule has 19 heavy (non-hydrogen) atoms. The first-order chi connectivity index (χ1) is 9.13. The maximum atomic E-state index is 12.0. The molecule has 0 aliphatic heterocycles. The number of hydrogen-bond acceptors (Lipinski definition) is 5. The van der Waals surface area contributed by atoms with E-state index in [1.807, 2.05) is 0 Å². The fourth-order valence-electron chi connectivity index (χ4n) is 1.67. The molecule has 0 atom stereocenters. The molecule has 98 valence electrons. The summed E-state index contributed by atoms with van der Waals surface area (Å²) in [5, 5.41) is 18.3. The molecular formula is C13H13N3O3. The van der Waals surface area contributed by atoms with Crippen LogP contribution in [-0.4, -0.2) is 22.0 Å². The largest absolute Gasteiger partial charge is 0.411 e. The van der Waals surface area contributed by atoms with Crippen molar-refractivity contribution in [2.45, 2.75) is 13.8 Å². The Morgan fingerprint density at radius 1 is 1.37 bits per heavy atom. The quantitative estimate of drug-likeness (QED) is 0.503. The summed E-state index contributed by atoms with van der Waals surface area (Å²) in [7, 11) is 0. The molecule has 0 bridgehead atoms. The molecule has 0 spiro atoms. The second-order valence-electron chi connectivity index (χ2n) is 3.98. The Morgan fingerprint density at radius 3 is 2.74 bits per heavy atom. The van der Waals surface area contributed by atoms with E-state index < -0.39 is 0 Å². The Balaban J connectivity index is 2.30. The van der Waals surface area contributed by atoms with Gasteiger partial charge in [0.05, 0.1) is 17.6 Å². The van der Waals surface area contributed by atoms with Crippen molar-refractivity contribution < 1.29 is 14.5 Å². The summed E-state index contributed by atoms with van der Waals surface area (Å²) in [6.07, 6.45) is 1.36. The number of carbonyl (C=O) groups is 1. The van der Waals surface area contributed by atoms with Crippen molar-refractivity contribution in [3.8, 4) is 0 Å². The molecule has 0 unspecified atom stereocenters. The molecule has 0 aliphatic rings. The van der Waals surface area contributed by atoms with Gasteiger partial charge < -0.3 is 15.0 Å². The van der Waals surface area contributed by atoms with E-state index in [1.54, 1.807) is 38.1 Å². The van der Waals surface area contributed by atoms with Gasteiger partial charge in [0.15, 0.2) is 0 Å². The van der Waals surface area contributed by atoms with Crippen LogP contribution in [0, 0.1) is 6.92 Å². The molecule has 0 radical (unpaired) electrons. The molecule has 1 aromatic heterocycles. The van der Waals surface area contributed by atoms with Crippen LogP contribution in [0.4, 0.5) is 5.69 Å². The van der Waals surface area contributed by atoms with Gasteiger partial charge in [-0.2, -0.15) is 0 Å². The van der Waals surface area contributed by atoms with Gasteiger partial charge >= 0.3 is 0 Å². The van der Waals surface area contributed by atoms with E-state index in [1.165, 1.54) is 6.20 Å². The number of hydrogen-bond donors (Lipinski definition) is 2. The number of anilines is 1. The van der Waals surface area contributed by atoms with Gasteiger partial charge in [-0.15, -0.1) is 0 Å². The zero-order valence-electron chi connectivity index (χ0n) is 10.5. The van der Waals surface area contributed by atoms with Crippen LogP contribution < -0.4 is 5.32 Å². The van der Waals surface area contributed by atoms with Crippen LogP contribution in [0.2, 0.25) is 0 Å². The van der Waals surface area contributed by atoms with Crippen molar-refractivity contribution in [2.75, 3.05) is 5.32 Å². The minimum atomic E-state index is -0.322. The van der Waals surface area contributed by atoms with E-state index in [-0.39, 0.29) is 5.91 Å². The zero-order valence-corrected chi connectivity index (χ0v) is 10.5. The van der Waals surface area contributed by atoms with Crippen molar-refractivity contribution in [3.05, 3.63) is 47.3 Å². The highest BCUT2D eigenvalue weighted by Crippen LogP contribution is 2.18. The number of nitrogens with one attached hydrogen (secondary N) is 1. The van der Waals surface area contributed by atoms with Crippen molar-refractivity contribution in [3.63, 3.8) is 0 Å². The molecular weight excluding hydrogens is 246 g/mol. The lowest BCUT2D eigenvalue weighted by atomic mass is 10.1. The second-order valence-corrected chi connectivity index (χ2v) is 3.98. The normalized spacial score (nSPS) is 11.4. The maximum absolute atomic E-state index is 12.0. The fourth-order valence-corrected chi connectivity index (χ4v) is 1.67. The number of amides is 1. The first kappa shape index (κ1) is 12.8. The van der Waals surface area contributed by atoms with E-state index in [0.717, 1.165) is 0 Å². The summed E-state index contributed by atoms with van der Waals surface area (Å²) in [6.45, 7) is 3.31. The van der Waals surface area contributed by atoms with Crippen LogP contribution in [0.25, 0.3) is 0 Å². The summed E-state index contributed by atoms with van der Waals surface area (Å²) in [4.78, 5) is 12.0. The predicted octanol–water partition coefficient (Wildman–Crippen LogP) is 2.43. The molecule has 2 rings (SSSR count). The molecule has 0 saturated heterocycles. The Bertz CT molecular complexity index is 632. The van der Waals surface area contributed by atoms with Gasteiger partial charge in [-0.25, -0.2) is 0 Å². The van der Waals surface area contributed by atoms with Gasteiger partial charge in [-0.3, -0.25) is 4.79 Å². The average Bonchev–Trinajstić information content (AvgIpc) is 2.85. The maximum Gasteiger partial charge on any atom is 0.260 e. The van der Waals surface area contributed by atoms with Crippen molar-refractivity contribution in [1.29, 1.82) is 0 Å². The van der Waals surface area contributed by atoms with E-state index in [0.29, 0.717) is 28.3 Å². The third-order valence-electron chi connectivity index (χ3n) is 2.71. The van der Waals surface area contributed by atoms with Gasteiger partial charge in [0.2, 0.25) is 0 Å². The average molecular weight is 259 g/mol. The Kier molecular flexibility index (Phi) is 3.61. The van der Waals surface area contributed by atoms with E-state index in [4.69, 9.17) is 9.73 Å². The third kappa shape index (κ3) is 2.62. The van der Waals surface area contributed by atoms with Crippen molar-refractivity contribution in [2.24, 2.45) is 5.16 Å². The summed E-state index contributed by atoms with van der Waals surface area (Å²) in [5.41, 5.74) is 1.99. The van der Waals surface area contributed by atoms with Crippen LogP contribution in [0.5, 0.6) is 0 Å². The zero-order chi connectivity index (χ0) is 13.8. The summed E-state index contributed by atoms with van der Waals surface area (Å²) < 4.78 is 4.85. The van der Waals surface area contributed by atoms with E-state index >= 15 is 0 Å². The van der Waals surface area contributed by atoms with Gasteiger partial charge in [0.25, 0.3) is 5.91 Å². The minimum absolute atomic E-state index is 0.322. The van der Waals surface area contributed by atoms with Crippen molar-refractivity contribution in [1.82, 2.24) is 5.16 Å². The van der Waals surface area contributed by atoms with Crippen LogP contribution >= 0.6 is 0 Å². The predicted molar refractivity (Wildman–Crippen MR) is 69.6 cm³/mol. The fraction of sp³-hybridized carbons (Fsp3) is 0.154. The van der Waals surface area contributed by atoms with E-state index in [9.17, 15) is 4.79 Å². The lowest BCUT2D eigenvalue weighted by Crippen LogP contribution is -2.14. The van der Waals surface area contributed by atoms with Crippen LogP contribution in [0.1, 0.15) is 28.6 Å². The topological polar surface area (TPSA) is 87.7 Å². The number of aromatic nitrogens is 1. The Hall–Kier alpha value is -2.63. The highest BCUT2D eigenvalue weighted by molar-refractivity contribution is 6.10. The number of para-hydroxylation sites is 1. The number of oxime groups is 1. The lowest BCUT2D eigenvalue weighted by Gasteiger charge is -2.09. The minimum Gasteiger partial charge on any atom is -0.411 e. The molecule has 2 aromatic rings. The van der Waals surface area contributed by atoms with Crippen LogP contribution in [0.15, 0.2) is 40.1 Å². The molecule has 1 amide bonds. The van der Waals surface area contributed by atoms with Crippen LogP contribution in [0.3, 0.4) is 0 Å². The number of benzene rings is 1. The smallest absolute Gasteiger partial charge is 0.260 e.